The molecule has 2 rings (SSSR count). The Kier molecular flexibility index (Phi) is 4.76. The SMILES string of the molecule is Cc1cc(CN[C@H](C)C2CCCCC2)ccc1F. The van der Waals surface area contributed by atoms with E-state index in [2.05, 4.69) is 12.2 Å². The van der Waals surface area contributed by atoms with Gasteiger partial charge in [0.1, 0.15) is 5.82 Å². The van der Waals surface area contributed by atoms with Gasteiger partial charge in [0.2, 0.25) is 0 Å². The Morgan fingerprint density at radius 3 is 2.67 bits per heavy atom. The molecule has 0 radical (unpaired) electrons. The van der Waals surface area contributed by atoms with E-state index < -0.39 is 0 Å². The third-order valence-electron chi connectivity index (χ3n) is 4.21. The second kappa shape index (κ2) is 6.33. The molecule has 0 aliphatic heterocycles. The maximum Gasteiger partial charge on any atom is 0.126 e. The van der Waals surface area contributed by atoms with Crippen LogP contribution in [0, 0.1) is 18.7 Å². The predicted octanol–water partition coefficient (Wildman–Crippen LogP) is 4.19. The fourth-order valence-corrected chi connectivity index (χ4v) is 2.90. The van der Waals surface area contributed by atoms with Gasteiger partial charge in [-0.05, 0) is 49.8 Å². The summed E-state index contributed by atoms with van der Waals surface area (Å²) in [7, 11) is 0. The quantitative estimate of drug-likeness (QED) is 0.843. The summed E-state index contributed by atoms with van der Waals surface area (Å²) in [4.78, 5) is 0. The molecule has 1 aromatic rings. The van der Waals surface area contributed by atoms with Crippen LogP contribution in [0.25, 0.3) is 0 Å². The first kappa shape index (κ1) is 13.5. The van der Waals surface area contributed by atoms with Crippen molar-refractivity contribution in [2.24, 2.45) is 5.92 Å². The minimum absolute atomic E-state index is 0.112. The van der Waals surface area contributed by atoms with Gasteiger partial charge in [-0.15, -0.1) is 0 Å². The highest BCUT2D eigenvalue weighted by molar-refractivity contribution is 5.23. The zero-order chi connectivity index (χ0) is 13.0. The lowest BCUT2D eigenvalue weighted by molar-refractivity contribution is 0.280. The van der Waals surface area contributed by atoms with E-state index in [1.165, 1.54) is 37.7 Å². The van der Waals surface area contributed by atoms with Crippen LogP contribution in [0.3, 0.4) is 0 Å². The van der Waals surface area contributed by atoms with Crippen LogP contribution in [0.1, 0.15) is 50.2 Å². The lowest BCUT2D eigenvalue weighted by atomic mass is 9.84. The highest BCUT2D eigenvalue weighted by Gasteiger charge is 2.19. The Morgan fingerprint density at radius 2 is 2.00 bits per heavy atom. The fourth-order valence-electron chi connectivity index (χ4n) is 2.90. The Hall–Kier alpha value is -0.890. The summed E-state index contributed by atoms with van der Waals surface area (Å²) in [5, 5.41) is 3.59. The number of benzene rings is 1. The second-order valence-corrected chi connectivity index (χ2v) is 5.65. The first-order valence-electron chi connectivity index (χ1n) is 7.15. The average molecular weight is 249 g/mol. The summed E-state index contributed by atoms with van der Waals surface area (Å²) in [6.45, 7) is 4.95. The molecule has 1 fully saturated rings. The molecule has 0 saturated heterocycles. The highest BCUT2D eigenvalue weighted by atomic mass is 19.1. The van der Waals surface area contributed by atoms with Crippen molar-refractivity contribution < 1.29 is 4.39 Å². The first-order valence-corrected chi connectivity index (χ1v) is 7.15. The molecular formula is C16H24FN. The van der Waals surface area contributed by atoms with Gasteiger partial charge in [-0.25, -0.2) is 4.39 Å². The van der Waals surface area contributed by atoms with E-state index in [1.807, 2.05) is 19.1 Å². The molecule has 0 bridgehead atoms. The molecule has 1 saturated carbocycles. The maximum atomic E-state index is 13.2. The summed E-state index contributed by atoms with van der Waals surface area (Å²) in [5.41, 5.74) is 1.91. The Bertz CT molecular complexity index is 383. The van der Waals surface area contributed by atoms with Gasteiger partial charge in [-0.1, -0.05) is 31.4 Å². The molecule has 0 unspecified atom stereocenters. The Balaban J connectivity index is 1.84. The molecule has 2 heteroatoms. The van der Waals surface area contributed by atoms with Crippen LogP contribution in [-0.2, 0) is 6.54 Å². The van der Waals surface area contributed by atoms with Gasteiger partial charge in [0, 0.05) is 12.6 Å². The first-order chi connectivity index (χ1) is 8.66. The van der Waals surface area contributed by atoms with Crippen LogP contribution in [0.5, 0.6) is 0 Å². The molecule has 100 valence electrons. The van der Waals surface area contributed by atoms with Gasteiger partial charge in [0.15, 0.2) is 0 Å². The number of hydrogen-bond donors (Lipinski definition) is 1. The van der Waals surface area contributed by atoms with Crippen molar-refractivity contribution in [1.29, 1.82) is 0 Å². The summed E-state index contributed by atoms with van der Waals surface area (Å²) < 4.78 is 13.2. The van der Waals surface area contributed by atoms with E-state index in [9.17, 15) is 4.39 Å². The topological polar surface area (TPSA) is 12.0 Å². The largest absolute Gasteiger partial charge is 0.310 e. The maximum absolute atomic E-state index is 13.2. The van der Waals surface area contributed by atoms with Crippen LogP contribution in [0.15, 0.2) is 18.2 Å². The average Bonchev–Trinajstić information content (AvgIpc) is 2.41. The summed E-state index contributed by atoms with van der Waals surface area (Å²) in [6, 6.07) is 5.95. The van der Waals surface area contributed by atoms with Gasteiger partial charge >= 0.3 is 0 Å². The van der Waals surface area contributed by atoms with Crippen molar-refractivity contribution in [2.75, 3.05) is 0 Å². The second-order valence-electron chi connectivity index (χ2n) is 5.65. The van der Waals surface area contributed by atoms with Crippen molar-refractivity contribution >= 4 is 0 Å². The van der Waals surface area contributed by atoms with Gasteiger partial charge in [0.25, 0.3) is 0 Å². The van der Waals surface area contributed by atoms with Gasteiger partial charge in [-0.2, -0.15) is 0 Å². The summed E-state index contributed by atoms with van der Waals surface area (Å²) >= 11 is 0. The standard InChI is InChI=1S/C16H24FN/c1-12-10-14(8-9-16(12)17)11-18-13(2)15-6-4-3-5-7-15/h8-10,13,15,18H,3-7,11H2,1-2H3/t13-/m1/s1. The Morgan fingerprint density at radius 1 is 1.28 bits per heavy atom. The third-order valence-corrected chi connectivity index (χ3v) is 4.21. The minimum atomic E-state index is -0.112. The molecule has 0 amide bonds. The van der Waals surface area contributed by atoms with E-state index in [0.717, 1.165) is 18.0 Å². The number of halogens is 1. The van der Waals surface area contributed by atoms with Gasteiger partial charge in [0.05, 0.1) is 0 Å². The molecule has 0 heterocycles. The highest BCUT2D eigenvalue weighted by Crippen LogP contribution is 2.26. The van der Waals surface area contributed by atoms with E-state index in [1.54, 1.807) is 6.07 Å². The molecule has 0 aromatic heterocycles. The molecule has 0 spiro atoms. The molecule has 1 aromatic carbocycles. The van der Waals surface area contributed by atoms with Crippen molar-refractivity contribution in [2.45, 2.75) is 58.5 Å². The summed E-state index contributed by atoms with van der Waals surface area (Å²) in [6.07, 6.45) is 6.88. The van der Waals surface area contributed by atoms with Gasteiger partial charge < -0.3 is 5.32 Å². The third kappa shape index (κ3) is 3.55. The number of aryl methyl sites for hydroxylation is 1. The molecule has 1 aliphatic carbocycles. The van der Waals surface area contributed by atoms with Crippen molar-refractivity contribution in [3.8, 4) is 0 Å². The van der Waals surface area contributed by atoms with E-state index >= 15 is 0 Å². The fraction of sp³-hybridized carbons (Fsp3) is 0.625. The van der Waals surface area contributed by atoms with Crippen LogP contribution in [0.4, 0.5) is 4.39 Å². The molecule has 1 atom stereocenters. The number of nitrogens with one attached hydrogen (secondary N) is 1. The monoisotopic (exact) mass is 249 g/mol. The number of rotatable bonds is 4. The Labute approximate surface area is 110 Å². The summed E-state index contributed by atoms with van der Waals surface area (Å²) in [5.74, 6) is 0.708. The van der Waals surface area contributed by atoms with Crippen LogP contribution < -0.4 is 5.32 Å². The van der Waals surface area contributed by atoms with Crippen molar-refractivity contribution in [1.82, 2.24) is 5.32 Å². The minimum Gasteiger partial charge on any atom is -0.310 e. The molecular weight excluding hydrogens is 225 g/mol. The molecule has 18 heavy (non-hydrogen) atoms. The van der Waals surface area contributed by atoms with E-state index in [0.29, 0.717) is 6.04 Å². The number of hydrogen-bond acceptors (Lipinski definition) is 1. The smallest absolute Gasteiger partial charge is 0.126 e. The van der Waals surface area contributed by atoms with Crippen LogP contribution in [-0.4, -0.2) is 6.04 Å². The lowest BCUT2D eigenvalue weighted by Crippen LogP contribution is -2.34. The molecule has 1 aliphatic rings. The molecule has 1 nitrogen and oxygen atoms in total. The van der Waals surface area contributed by atoms with E-state index in [4.69, 9.17) is 0 Å². The van der Waals surface area contributed by atoms with Crippen LogP contribution >= 0.6 is 0 Å². The lowest BCUT2D eigenvalue weighted by Gasteiger charge is -2.28. The zero-order valence-electron chi connectivity index (χ0n) is 11.5. The zero-order valence-corrected chi connectivity index (χ0v) is 11.5. The van der Waals surface area contributed by atoms with Crippen molar-refractivity contribution in [3.63, 3.8) is 0 Å². The predicted molar refractivity (Wildman–Crippen MR) is 74.0 cm³/mol. The van der Waals surface area contributed by atoms with E-state index in [-0.39, 0.29) is 5.82 Å². The van der Waals surface area contributed by atoms with Crippen LogP contribution in [0.2, 0.25) is 0 Å². The van der Waals surface area contributed by atoms with Crippen molar-refractivity contribution in [3.05, 3.63) is 35.1 Å². The normalized spacial score (nSPS) is 18.8. The van der Waals surface area contributed by atoms with Gasteiger partial charge in [-0.3, -0.25) is 0 Å². The molecule has 1 N–H and O–H groups in total.